The highest BCUT2D eigenvalue weighted by molar-refractivity contribution is 7.89. The molecule has 220 valence electrons. The Morgan fingerprint density at radius 1 is 1.29 bits per heavy atom. The van der Waals surface area contributed by atoms with Gasteiger partial charge in [0.2, 0.25) is 10.0 Å². The van der Waals surface area contributed by atoms with Crippen molar-refractivity contribution in [2.45, 2.75) is 50.8 Å². The summed E-state index contributed by atoms with van der Waals surface area (Å²) >= 11 is 7.72. The first kappa shape index (κ1) is 29.6. The van der Waals surface area contributed by atoms with Gasteiger partial charge in [-0.2, -0.15) is 0 Å². The number of piperidine rings is 1. The average Bonchev–Trinajstić information content (AvgIpc) is 3.47. The van der Waals surface area contributed by atoms with Gasteiger partial charge in [-0.25, -0.2) is 26.9 Å². The minimum Gasteiger partial charge on any atom is -0.481 e. The molecule has 2 aromatic rings. The molecule has 1 saturated carbocycles. The van der Waals surface area contributed by atoms with Gasteiger partial charge in [0.15, 0.2) is 10.8 Å². The van der Waals surface area contributed by atoms with Gasteiger partial charge in [-0.15, -0.1) is 11.3 Å². The van der Waals surface area contributed by atoms with Crippen LogP contribution < -0.4 is 5.32 Å². The Labute approximate surface area is 246 Å². The number of sulfonamides is 1. The molecule has 2 N–H and O–H groups in total. The van der Waals surface area contributed by atoms with E-state index in [9.17, 15) is 27.5 Å². The van der Waals surface area contributed by atoms with E-state index in [0.717, 1.165) is 0 Å². The highest BCUT2D eigenvalue weighted by Crippen LogP contribution is 2.46. The van der Waals surface area contributed by atoms with Crippen molar-refractivity contribution in [1.82, 2.24) is 14.6 Å². The summed E-state index contributed by atoms with van der Waals surface area (Å²) in [7, 11) is -3.68. The van der Waals surface area contributed by atoms with Crippen LogP contribution in [-0.2, 0) is 24.3 Å². The lowest BCUT2D eigenvalue weighted by atomic mass is 9.70. The lowest BCUT2D eigenvalue weighted by molar-refractivity contribution is -0.152. The number of ether oxygens (including phenoxy) is 1. The summed E-state index contributed by atoms with van der Waals surface area (Å²) < 4.78 is 47.9. The number of esters is 1. The predicted molar refractivity (Wildman–Crippen MR) is 152 cm³/mol. The molecule has 1 saturated heterocycles. The fourth-order valence-corrected chi connectivity index (χ4v) is 8.78. The van der Waals surface area contributed by atoms with E-state index in [1.807, 2.05) is 0 Å². The third-order valence-corrected chi connectivity index (χ3v) is 11.4. The van der Waals surface area contributed by atoms with Gasteiger partial charge in [-0.3, -0.25) is 9.79 Å². The number of amidine groups is 1. The van der Waals surface area contributed by atoms with E-state index in [0.29, 0.717) is 34.9 Å². The van der Waals surface area contributed by atoms with Gasteiger partial charge < -0.3 is 15.2 Å². The number of hydrogen-bond acceptors (Lipinski definition) is 9. The summed E-state index contributed by atoms with van der Waals surface area (Å²) in [5.74, 6) is -2.14. The first-order valence-electron chi connectivity index (χ1n) is 13.3. The summed E-state index contributed by atoms with van der Waals surface area (Å²) in [4.78, 5) is 34.0. The molecule has 3 heterocycles. The van der Waals surface area contributed by atoms with E-state index >= 15 is 0 Å². The molecule has 0 bridgehead atoms. The maximum absolute atomic E-state index is 14.5. The van der Waals surface area contributed by atoms with E-state index < -0.39 is 44.5 Å². The van der Waals surface area contributed by atoms with Gasteiger partial charge in [0, 0.05) is 41.8 Å². The highest BCUT2D eigenvalue weighted by Gasteiger charge is 2.53. The maximum atomic E-state index is 14.5. The number of carbonyl (C=O) groups is 2. The summed E-state index contributed by atoms with van der Waals surface area (Å²) in [5, 5.41) is 14.1. The molecular formula is C27H30ClFN4O6S2. The SMILES string of the molecule is CCOC(=O)C1=C(C2CCN(S(=O)(=O)C3CC(C)(C(=O)O)C3)CC2)NC(c2nccs2)=NC1c1cccc(F)c1Cl. The third kappa shape index (κ3) is 5.52. The van der Waals surface area contributed by atoms with Crippen molar-refractivity contribution in [2.75, 3.05) is 19.7 Å². The number of benzene rings is 1. The number of halogens is 2. The summed E-state index contributed by atoms with van der Waals surface area (Å²) in [6, 6.07) is 3.36. The Morgan fingerprint density at radius 3 is 2.61 bits per heavy atom. The number of carboxylic acid groups (broad SMARTS) is 1. The second-order valence-corrected chi connectivity index (χ2v) is 14.1. The van der Waals surface area contributed by atoms with Crippen LogP contribution in [0, 0.1) is 17.2 Å². The van der Waals surface area contributed by atoms with E-state index in [1.54, 1.807) is 31.5 Å². The van der Waals surface area contributed by atoms with Crippen molar-refractivity contribution in [2.24, 2.45) is 16.3 Å². The number of nitrogens with one attached hydrogen (secondary N) is 1. The molecule has 1 aromatic carbocycles. The lowest BCUT2D eigenvalue weighted by Gasteiger charge is -2.44. The summed E-state index contributed by atoms with van der Waals surface area (Å²) in [6.07, 6.45) is 2.56. The molecule has 1 atom stereocenters. The molecule has 14 heteroatoms. The normalized spacial score (nSPS) is 25.7. The molecule has 0 amide bonds. The number of allylic oxidation sites excluding steroid dienone is 1. The van der Waals surface area contributed by atoms with Gasteiger partial charge in [0.1, 0.15) is 11.9 Å². The maximum Gasteiger partial charge on any atom is 0.338 e. The lowest BCUT2D eigenvalue weighted by Crippen LogP contribution is -2.54. The van der Waals surface area contributed by atoms with Crippen LogP contribution in [0.4, 0.5) is 4.39 Å². The molecule has 1 unspecified atom stereocenters. The zero-order valence-electron chi connectivity index (χ0n) is 22.5. The van der Waals surface area contributed by atoms with Crippen LogP contribution >= 0.6 is 22.9 Å². The van der Waals surface area contributed by atoms with Crippen LogP contribution in [0.2, 0.25) is 5.02 Å². The number of carbonyl (C=O) groups excluding carboxylic acids is 1. The molecule has 10 nitrogen and oxygen atoms in total. The predicted octanol–water partition coefficient (Wildman–Crippen LogP) is 4.14. The molecule has 1 aliphatic carbocycles. The highest BCUT2D eigenvalue weighted by atomic mass is 35.5. The van der Waals surface area contributed by atoms with Crippen LogP contribution in [0.3, 0.4) is 0 Å². The van der Waals surface area contributed by atoms with E-state index in [2.05, 4.69) is 10.3 Å². The van der Waals surface area contributed by atoms with Crippen LogP contribution in [0.1, 0.15) is 56.1 Å². The number of thiazole rings is 1. The minimum absolute atomic E-state index is 0.0774. The summed E-state index contributed by atoms with van der Waals surface area (Å²) in [5.41, 5.74) is -0.0141. The Hall–Kier alpha value is -2.87. The Balaban J connectivity index is 1.47. The Morgan fingerprint density at radius 2 is 2.00 bits per heavy atom. The van der Waals surface area contributed by atoms with Gasteiger partial charge in [0.05, 0.1) is 27.9 Å². The van der Waals surface area contributed by atoms with Crippen LogP contribution in [-0.4, -0.2) is 65.5 Å². The Bertz CT molecular complexity index is 1510. The van der Waals surface area contributed by atoms with E-state index in [4.69, 9.17) is 21.3 Å². The molecule has 2 aliphatic heterocycles. The van der Waals surface area contributed by atoms with Gasteiger partial charge >= 0.3 is 11.9 Å². The molecular weight excluding hydrogens is 595 g/mol. The molecule has 3 aliphatic rings. The second kappa shape index (κ2) is 11.4. The van der Waals surface area contributed by atoms with E-state index in [1.165, 1.54) is 27.8 Å². The first-order valence-corrected chi connectivity index (χ1v) is 16.0. The average molecular weight is 625 g/mol. The van der Waals surface area contributed by atoms with Crippen molar-refractivity contribution in [1.29, 1.82) is 0 Å². The van der Waals surface area contributed by atoms with Crippen molar-refractivity contribution in [3.05, 3.63) is 62.5 Å². The zero-order valence-corrected chi connectivity index (χ0v) is 24.9. The first-order chi connectivity index (χ1) is 19.5. The molecule has 0 radical (unpaired) electrons. The minimum atomic E-state index is -3.68. The molecule has 1 aromatic heterocycles. The zero-order chi connectivity index (χ0) is 29.5. The molecule has 2 fully saturated rings. The number of carboxylic acids is 1. The quantitative estimate of drug-likeness (QED) is 0.418. The fourth-order valence-electron chi connectivity index (χ4n) is 5.67. The second-order valence-electron chi connectivity index (χ2n) is 10.6. The van der Waals surface area contributed by atoms with Crippen molar-refractivity contribution in [3.63, 3.8) is 0 Å². The van der Waals surface area contributed by atoms with Crippen LogP contribution in [0.5, 0.6) is 0 Å². The number of hydrogen-bond donors (Lipinski definition) is 2. The smallest absolute Gasteiger partial charge is 0.338 e. The largest absolute Gasteiger partial charge is 0.481 e. The van der Waals surface area contributed by atoms with Crippen molar-refractivity contribution >= 4 is 50.7 Å². The third-order valence-electron chi connectivity index (χ3n) is 8.00. The van der Waals surface area contributed by atoms with Crippen LogP contribution in [0.15, 0.2) is 46.0 Å². The van der Waals surface area contributed by atoms with Gasteiger partial charge in [-0.05, 0) is 45.6 Å². The number of aliphatic imine (C=N–C) groups is 1. The van der Waals surface area contributed by atoms with Crippen molar-refractivity contribution in [3.8, 4) is 0 Å². The number of aromatic nitrogens is 1. The molecule has 41 heavy (non-hydrogen) atoms. The summed E-state index contributed by atoms with van der Waals surface area (Å²) in [6.45, 7) is 3.75. The van der Waals surface area contributed by atoms with Crippen molar-refractivity contribution < 1.29 is 32.2 Å². The monoisotopic (exact) mass is 624 g/mol. The fraction of sp³-hybridized carbons (Fsp3) is 0.481. The van der Waals surface area contributed by atoms with E-state index in [-0.39, 0.29) is 49.1 Å². The Kier molecular flexibility index (Phi) is 8.25. The topological polar surface area (TPSA) is 138 Å². The number of nitrogens with zero attached hydrogens (tertiary/aromatic N) is 3. The van der Waals surface area contributed by atoms with Gasteiger partial charge in [-0.1, -0.05) is 23.7 Å². The standard InChI is InChI=1S/C27H30ClFN4O6S2/c1-3-39-25(34)19-21(15-7-10-33(11-8-15)41(37,38)16-13-27(2,14-16)26(35)36)31-23(24-30-9-12-40-24)32-22(19)17-5-4-6-18(29)20(17)28/h4-6,9,12,15-16,22H,3,7-8,10-11,13-14H2,1-2H3,(H,31,32)(H,35,36). The number of rotatable bonds is 8. The van der Waals surface area contributed by atoms with Crippen LogP contribution in [0.25, 0.3) is 0 Å². The molecule has 5 rings (SSSR count). The number of aliphatic carboxylic acids is 1. The molecule has 0 spiro atoms. The van der Waals surface area contributed by atoms with Gasteiger partial charge in [0.25, 0.3) is 0 Å².